The van der Waals surface area contributed by atoms with Crippen molar-refractivity contribution in [2.75, 3.05) is 0 Å². The van der Waals surface area contributed by atoms with E-state index in [-0.39, 0.29) is 0 Å². The number of nitrogens with zero attached hydrogens (tertiary/aromatic N) is 5. The molecule has 3 rings (SSSR count). The van der Waals surface area contributed by atoms with E-state index in [1.54, 1.807) is 6.33 Å². The Labute approximate surface area is 119 Å². The molecular weight excluding hydrogens is 252 g/mol. The molecule has 1 aliphatic rings. The summed E-state index contributed by atoms with van der Waals surface area (Å²) in [5, 5.41) is 16.1. The van der Waals surface area contributed by atoms with E-state index in [1.165, 1.54) is 25.7 Å². The molecule has 6 nitrogen and oxygen atoms in total. The van der Waals surface area contributed by atoms with Crippen LogP contribution in [0.3, 0.4) is 0 Å². The summed E-state index contributed by atoms with van der Waals surface area (Å²) in [6.07, 6.45) is 9.10. The molecule has 0 aromatic carbocycles. The van der Waals surface area contributed by atoms with Crippen molar-refractivity contribution in [1.29, 1.82) is 0 Å². The van der Waals surface area contributed by atoms with Crippen LogP contribution < -0.4 is 5.32 Å². The molecule has 1 saturated carbocycles. The fourth-order valence-electron chi connectivity index (χ4n) is 2.83. The average Bonchev–Trinajstić information content (AvgIpc) is 3.20. The van der Waals surface area contributed by atoms with Crippen LogP contribution in [-0.4, -0.2) is 24.5 Å². The minimum atomic E-state index is 0.618. The quantitative estimate of drug-likeness (QED) is 0.874. The van der Waals surface area contributed by atoms with Crippen LogP contribution in [0.1, 0.15) is 50.2 Å². The van der Waals surface area contributed by atoms with Gasteiger partial charge in [0.15, 0.2) is 0 Å². The third-order valence-electron chi connectivity index (χ3n) is 3.99. The number of hydrogen-bond acceptors (Lipinski definition) is 4. The number of hydrogen-bond donors (Lipinski definition) is 1. The normalized spacial score (nSPS) is 16.1. The molecule has 0 aliphatic heterocycles. The molecule has 6 heteroatoms. The number of aromatic nitrogens is 5. The Morgan fingerprint density at radius 3 is 2.95 bits per heavy atom. The Morgan fingerprint density at radius 2 is 2.15 bits per heavy atom. The van der Waals surface area contributed by atoms with Crippen molar-refractivity contribution in [2.45, 2.75) is 58.3 Å². The first-order valence-electron chi connectivity index (χ1n) is 7.48. The predicted molar refractivity (Wildman–Crippen MR) is 76.0 cm³/mol. The number of rotatable bonds is 6. The third kappa shape index (κ3) is 2.90. The van der Waals surface area contributed by atoms with E-state index in [0.29, 0.717) is 6.04 Å². The maximum absolute atomic E-state index is 4.67. The SMILES string of the molecule is CCn1cnnc1CNCc1ccn(C2CCCC2)n1. The van der Waals surface area contributed by atoms with Gasteiger partial charge in [-0.25, -0.2) is 0 Å². The van der Waals surface area contributed by atoms with Gasteiger partial charge in [-0.3, -0.25) is 4.68 Å². The Kier molecular flexibility index (Phi) is 4.11. The maximum atomic E-state index is 4.67. The van der Waals surface area contributed by atoms with Crippen LogP contribution in [0.15, 0.2) is 18.6 Å². The summed E-state index contributed by atoms with van der Waals surface area (Å²) < 4.78 is 4.18. The lowest BCUT2D eigenvalue weighted by atomic mass is 10.3. The molecule has 108 valence electrons. The van der Waals surface area contributed by atoms with E-state index in [2.05, 4.69) is 44.5 Å². The fraction of sp³-hybridized carbons (Fsp3) is 0.643. The van der Waals surface area contributed by atoms with Crippen molar-refractivity contribution in [1.82, 2.24) is 29.9 Å². The third-order valence-corrected chi connectivity index (χ3v) is 3.99. The van der Waals surface area contributed by atoms with Gasteiger partial charge in [-0.05, 0) is 25.8 Å². The molecule has 0 amide bonds. The first-order chi connectivity index (χ1) is 9.86. The van der Waals surface area contributed by atoms with Crippen LogP contribution in [0.25, 0.3) is 0 Å². The summed E-state index contributed by atoms with van der Waals surface area (Å²) in [7, 11) is 0. The van der Waals surface area contributed by atoms with Gasteiger partial charge in [-0.2, -0.15) is 5.10 Å². The molecular formula is C14H22N6. The van der Waals surface area contributed by atoms with Crippen LogP contribution in [0.2, 0.25) is 0 Å². The minimum absolute atomic E-state index is 0.618. The minimum Gasteiger partial charge on any atom is -0.317 e. The predicted octanol–water partition coefficient (Wildman–Crippen LogP) is 1.90. The zero-order valence-electron chi connectivity index (χ0n) is 12.0. The highest BCUT2D eigenvalue weighted by molar-refractivity contribution is 5.00. The van der Waals surface area contributed by atoms with Crippen LogP contribution in [0.5, 0.6) is 0 Å². The van der Waals surface area contributed by atoms with E-state index in [4.69, 9.17) is 0 Å². The largest absolute Gasteiger partial charge is 0.317 e. The molecule has 0 spiro atoms. The van der Waals surface area contributed by atoms with Crippen LogP contribution in [0.4, 0.5) is 0 Å². The first-order valence-corrected chi connectivity index (χ1v) is 7.48. The van der Waals surface area contributed by atoms with Gasteiger partial charge < -0.3 is 9.88 Å². The molecule has 20 heavy (non-hydrogen) atoms. The Bertz CT molecular complexity index is 537. The second-order valence-corrected chi connectivity index (χ2v) is 5.36. The van der Waals surface area contributed by atoms with E-state index in [9.17, 15) is 0 Å². The van der Waals surface area contributed by atoms with Crippen molar-refractivity contribution in [3.63, 3.8) is 0 Å². The van der Waals surface area contributed by atoms with Crippen molar-refractivity contribution in [2.24, 2.45) is 0 Å². The number of nitrogens with one attached hydrogen (secondary N) is 1. The standard InChI is InChI=1S/C14H22N6/c1-2-19-11-16-17-14(19)10-15-9-12-7-8-20(18-12)13-5-3-4-6-13/h7-8,11,13,15H,2-6,9-10H2,1H3. The zero-order valence-corrected chi connectivity index (χ0v) is 12.0. The van der Waals surface area contributed by atoms with E-state index in [0.717, 1.165) is 31.2 Å². The summed E-state index contributed by atoms with van der Waals surface area (Å²) in [5.74, 6) is 0.975. The van der Waals surface area contributed by atoms with Gasteiger partial charge in [0, 0.05) is 19.3 Å². The molecule has 2 heterocycles. The molecule has 0 saturated heterocycles. The van der Waals surface area contributed by atoms with E-state index >= 15 is 0 Å². The fourth-order valence-corrected chi connectivity index (χ4v) is 2.83. The zero-order chi connectivity index (χ0) is 13.8. The van der Waals surface area contributed by atoms with E-state index < -0.39 is 0 Å². The van der Waals surface area contributed by atoms with Gasteiger partial charge >= 0.3 is 0 Å². The lowest BCUT2D eigenvalue weighted by molar-refractivity contribution is 0.460. The second kappa shape index (κ2) is 6.17. The highest BCUT2D eigenvalue weighted by Crippen LogP contribution is 2.28. The van der Waals surface area contributed by atoms with Gasteiger partial charge in [0.1, 0.15) is 12.2 Å². The molecule has 2 aromatic rings. The van der Waals surface area contributed by atoms with E-state index in [1.807, 2.05) is 4.57 Å². The van der Waals surface area contributed by atoms with Crippen molar-refractivity contribution < 1.29 is 0 Å². The van der Waals surface area contributed by atoms with Gasteiger partial charge in [-0.1, -0.05) is 12.8 Å². The van der Waals surface area contributed by atoms with Crippen LogP contribution in [-0.2, 0) is 19.6 Å². The van der Waals surface area contributed by atoms with Gasteiger partial charge in [0.25, 0.3) is 0 Å². The highest BCUT2D eigenvalue weighted by Gasteiger charge is 2.17. The Morgan fingerprint density at radius 1 is 1.30 bits per heavy atom. The molecule has 1 N–H and O–H groups in total. The molecule has 1 fully saturated rings. The molecule has 0 atom stereocenters. The summed E-state index contributed by atoms with van der Waals surface area (Å²) >= 11 is 0. The van der Waals surface area contributed by atoms with Crippen molar-refractivity contribution in [3.05, 3.63) is 30.1 Å². The molecule has 0 unspecified atom stereocenters. The van der Waals surface area contributed by atoms with Crippen molar-refractivity contribution in [3.8, 4) is 0 Å². The molecule has 0 bridgehead atoms. The topological polar surface area (TPSA) is 60.6 Å². The summed E-state index contributed by atoms with van der Waals surface area (Å²) in [5.41, 5.74) is 1.10. The maximum Gasteiger partial charge on any atom is 0.146 e. The van der Waals surface area contributed by atoms with Gasteiger partial charge in [0.05, 0.1) is 18.3 Å². The molecule has 0 radical (unpaired) electrons. The molecule has 2 aromatic heterocycles. The van der Waals surface area contributed by atoms with Gasteiger partial charge in [0.2, 0.25) is 0 Å². The Hall–Kier alpha value is -1.69. The summed E-state index contributed by atoms with van der Waals surface area (Å²) in [4.78, 5) is 0. The van der Waals surface area contributed by atoms with Crippen molar-refractivity contribution >= 4 is 0 Å². The lowest BCUT2D eigenvalue weighted by Crippen LogP contribution is -2.17. The number of aryl methyl sites for hydroxylation is 1. The highest BCUT2D eigenvalue weighted by atomic mass is 15.3. The average molecular weight is 274 g/mol. The van der Waals surface area contributed by atoms with Crippen LogP contribution >= 0.6 is 0 Å². The monoisotopic (exact) mass is 274 g/mol. The van der Waals surface area contributed by atoms with Crippen LogP contribution in [0, 0.1) is 0 Å². The second-order valence-electron chi connectivity index (χ2n) is 5.36. The lowest BCUT2D eigenvalue weighted by Gasteiger charge is -2.09. The first kappa shape index (κ1) is 13.3. The van der Waals surface area contributed by atoms with Gasteiger partial charge in [-0.15, -0.1) is 10.2 Å². The smallest absolute Gasteiger partial charge is 0.146 e. The summed E-state index contributed by atoms with van der Waals surface area (Å²) in [6.45, 7) is 4.50. The molecule has 1 aliphatic carbocycles. The summed E-state index contributed by atoms with van der Waals surface area (Å²) in [6, 6.07) is 2.72. The Balaban J connectivity index is 1.51.